The van der Waals surface area contributed by atoms with Gasteiger partial charge in [-0.1, -0.05) is 30.3 Å². The average molecular weight is 260 g/mol. The summed E-state index contributed by atoms with van der Waals surface area (Å²) in [6.07, 6.45) is 0.412. The van der Waals surface area contributed by atoms with E-state index in [1.165, 1.54) is 0 Å². The molecule has 0 bridgehead atoms. The summed E-state index contributed by atoms with van der Waals surface area (Å²) in [5, 5.41) is 0.769. The number of aryl methyl sites for hydroxylation is 2. The van der Waals surface area contributed by atoms with Crippen LogP contribution in [0.15, 0.2) is 30.3 Å². The molecule has 0 fully saturated rings. The van der Waals surface area contributed by atoms with Crippen LogP contribution in [0.2, 0.25) is 0 Å². The Kier molecular flexibility index (Phi) is 3.77. The highest BCUT2D eigenvalue weighted by Crippen LogP contribution is 2.24. The van der Waals surface area contributed by atoms with Gasteiger partial charge < -0.3 is 0 Å². The molecule has 0 unspecified atom stereocenters. The van der Waals surface area contributed by atoms with Gasteiger partial charge in [-0.05, 0) is 19.4 Å². The van der Waals surface area contributed by atoms with Crippen molar-refractivity contribution in [3.63, 3.8) is 0 Å². The molecule has 1 aromatic heterocycles. The molecule has 0 saturated heterocycles. The topological polar surface area (TPSA) is 33.2 Å². The number of carbonyl (C=O) groups is 1. The predicted molar refractivity (Wildman–Crippen MR) is 75.1 cm³/mol. The van der Waals surface area contributed by atoms with Crippen LogP contribution in [0.5, 0.6) is 0 Å². The van der Waals surface area contributed by atoms with Crippen LogP contribution in [0, 0.1) is 13.8 Å². The van der Waals surface area contributed by atoms with Crippen molar-refractivity contribution in [2.45, 2.75) is 20.3 Å². The Morgan fingerprint density at radius 3 is 2.50 bits per heavy atom. The van der Waals surface area contributed by atoms with Crippen LogP contribution < -0.4 is 4.90 Å². The first kappa shape index (κ1) is 12.8. The Balaban J connectivity index is 2.09. The molecule has 94 valence electrons. The molecule has 3 nitrogen and oxygen atoms in total. The summed E-state index contributed by atoms with van der Waals surface area (Å²) >= 11 is 1.56. The zero-order valence-electron chi connectivity index (χ0n) is 10.8. The van der Waals surface area contributed by atoms with E-state index in [2.05, 4.69) is 4.98 Å². The number of rotatable bonds is 3. The second kappa shape index (κ2) is 5.31. The second-order valence-corrected chi connectivity index (χ2v) is 5.43. The standard InChI is InChI=1S/C14H16N2OS/c1-10-11(2)18-14(15-10)16(3)13(17)9-12-7-5-4-6-8-12/h4-8H,9H2,1-3H3. The normalized spacial score (nSPS) is 10.4. The molecule has 1 heterocycles. The molecule has 4 heteroatoms. The third-order valence-electron chi connectivity index (χ3n) is 2.88. The van der Waals surface area contributed by atoms with E-state index in [1.807, 2.05) is 44.2 Å². The summed E-state index contributed by atoms with van der Waals surface area (Å²) in [5.41, 5.74) is 2.02. The van der Waals surface area contributed by atoms with Gasteiger partial charge in [0, 0.05) is 11.9 Å². The van der Waals surface area contributed by atoms with Gasteiger partial charge in [-0.2, -0.15) is 0 Å². The molecule has 0 saturated carbocycles. The minimum absolute atomic E-state index is 0.0648. The lowest BCUT2D eigenvalue weighted by molar-refractivity contribution is -0.117. The van der Waals surface area contributed by atoms with Crippen LogP contribution in [0.1, 0.15) is 16.1 Å². The van der Waals surface area contributed by atoms with Gasteiger partial charge in [0.2, 0.25) is 5.91 Å². The summed E-state index contributed by atoms with van der Waals surface area (Å²) < 4.78 is 0. The Bertz CT molecular complexity index is 529. The van der Waals surface area contributed by atoms with Gasteiger partial charge in [-0.25, -0.2) is 4.98 Å². The first-order valence-corrected chi connectivity index (χ1v) is 6.64. The van der Waals surface area contributed by atoms with Gasteiger partial charge in [0.25, 0.3) is 0 Å². The minimum atomic E-state index is 0.0648. The molecule has 0 atom stereocenters. The van der Waals surface area contributed by atoms with Crippen molar-refractivity contribution in [1.82, 2.24) is 4.98 Å². The SMILES string of the molecule is Cc1nc(N(C)C(=O)Cc2ccccc2)sc1C. The van der Waals surface area contributed by atoms with Crippen LogP contribution in [-0.4, -0.2) is 17.9 Å². The van der Waals surface area contributed by atoms with E-state index < -0.39 is 0 Å². The van der Waals surface area contributed by atoms with Crippen molar-refractivity contribution in [3.8, 4) is 0 Å². The molecule has 2 rings (SSSR count). The number of hydrogen-bond acceptors (Lipinski definition) is 3. The number of amides is 1. The van der Waals surface area contributed by atoms with Crippen LogP contribution in [-0.2, 0) is 11.2 Å². The Morgan fingerprint density at radius 1 is 1.28 bits per heavy atom. The van der Waals surface area contributed by atoms with Gasteiger partial charge in [0.15, 0.2) is 5.13 Å². The Hall–Kier alpha value is -1.68. The number of anilines is 1. The molecule has 18 heavy (non-hydrogen) atoms. The fourth-order valence-corrected chi connectivity index (χ4v) is 2.48. The van der Waals surface area contributed by atoms with Crippen molar-refractivity contribution in [3.05, 3.63) is 46.5 Å². The molecular weight excluding hydrogens is 244 g/mol. The van der Waals surface area contributed by atoms with Gasteiger partial charge in [-0.15, -0.1) is 11.3 Å². The van der Waals surface area contributed by atoms with Gasteiger partial charge in [0.1, 0.15) is 0 Å². The highest BCUT2D eigenvalue weighted by Gasteiger charge is 2.15. The molecule has 0 aliphatic heterocycles. The highest BCUT2D eigenvalue weighted by atomic mass is 32.1. The van der Waals surface area contributed by atoms with Gasteiger partial charge in [0.05, 0.1) is 12.1 Å². The van der Waals surface area contributed by atoms with Crippen molar-refractivity contribution in [2.75, 3.05) is 11.9 Å². The number of likely N-dealkylation sites (N-methyl/N-ethyl adjacent to an activating group) is 1. The Labute approximate surface area is 111 Å². The highest BCUT2D eigenvalue weighted by molar-refractivity contribution is 7.15. The van der Waals surface area contributed by atoms with Crippen LogP contribution in [0.3, 0.4) is 0 Å². The molecule has 1 aromatic carbocycles. The molecule has 0 radical (unpaired) electrons. The molecule has 0 N–H and O–H groups in total. The Morgan fingerprint density at radius 2 is 1.94 bits per heavy atom. The van der Waals surface area contributed by atoms with Gasteiger partial charge >= 0.3 is 0 Å². The number of carbonyl (C=O) groups excluding carboxylic acids is 1. The zero-order chi connectivity index (χ0) is 13.1. The van der Waals surface area contributed by atoms with E-state index in [-0.39, 0.29) is 5.91 Å². The quantitative estimate of drug-likeness (QED) is 0.850. The van der Waals surface area contributed by atoms with Crippen LogP contribution in [0.25, 0.3) is 0 Å². The number of hydrogen-bond donors (Lipinski definition) is 0. The fourth-order valence-electron chi connectivity index (χ4n) is 1.60. The zero-order valence-corrected chi connectivity index (χ0v) is 11.6. The average Bonchev–Trinajstić information content (AvgIpc) is 2.70. The van der Waals surface area contributed by atoms with E-state index in [1.54, 1.807) is 23.3 Å². The summed E-state index contributed by atoms with van der Waals surface area (Å²) in [4.78, 5) is 19.3. The number of nitrogens with zero attached hydrogens (tertiary/aromatic N) is 2. The summed E-state index contributed by atoms with van der Waals surface area (Å²) in [6, 6.07) is 9.76. The molecule has 2 aromatic rings. The third-order valence-corrected chi connectivity index (χ3v) is 4.03. The number of thiazole rings is 1. The van der Waals surface area contributed by atoms with E-state index in [0.717, 1.165) is 21.3 Å². The predicted octanol–water partition coefficient (Wildman–Crippen LogP) is 2.97. The number of benzene rings is 1. The van der Waals surface area contributed by atoms with Crippen molar-refractivity contribution in [2.24, 2.45) is 0 Å². The fraction of sp³-hybridized carbons (Fsp3) is 0.286. The van der Waals surface area contributed by atoms with Crippen molar-refractivity contribution in [1.29, 1.82) is 0 Å². The van der Waals surface area contributed by atoms with Crippen LogP contribution >= 0.6 is 11.3 Å². The minimum Gasteiger partial charge on any atom is -0.291 e. The summed E-state index contributed by atoms with van der Waals surface area (Å²) in [5.74, 6) is 0.0648. The smallest absolute Gasteiger partial charge is 0.232 e. The van der Waals surface area contributed by atoms with E-state index in [4.69, 9.17) is 0 Å². The lowest BCUT2D eigenvalue weighted by Gasteiger charge is -2.13. The molecule has 0 aliphatic rings. The molecule has 0 spiro atoms. The maximum absolute atomic E-state index is 12.1. The van der Waals surface area contributed by atoms with Gasteiger partial charge in [-0.3, -0.25) is 9.69 Å². The molecular formula is C14H16N2OS. The van der Waals surface area contributed by atoms with Crippen molar-refractivity contribution >= 4 is 22.4 Å². The number of aromatic nitrogens is 1. The monoisotopic (exact) mass is 260 g/mol. The summed E-state index contributed by atoms with van der Waals surface area (Å²) in [7, 11) is 1.78. The van der Waals surface area contributed by atoms with E-state index in [0.29, 0.717) is 6.42 Å². The second-order valence-electron chi connectivity index (χ2n) is 4.25. The van der Waals surface area contributed by atoms with Crippen LogP contribution in [0.4, 0.5) is 5.13 Å². The van der Waals surface area contributed by atoms with E-state index in [9.17, 15) is 4.79 Å². The first-order chi connectivity index (χ1) is 8.58. The molecule has 0 aliphatic carbocycles. The molecule has 1 amide bonds. The maximum Gasteiger partial charge on any atom is 0.232 e. The largest absolute Gasteiger partial charge is 0.291 e. The first-order valence-electron chi connectivity index (χ1n) is 5.82. The van der Waals surface area contributed by atoms with E-state index >= 15 is 0 Å². The summed E-state index contributed by atoms with van der Waals surface area (Å²) in [6.45, 7) is 3.98. The van der Waals surface area contributed by atoms with Crippen molar-refractivity contribution < 1.29 is 4.79 Å². The maximum atomic E-state index is 12.1. The lowest BCUT2D eigenvalue weighted by atomic mass is 10.1. The third kappa shape index (κ3) is 2.76. The lowest BCUT2D eigenvalue weighted by Crippen LogP contribution is -2.27.